The van der Waals surface area contributed by atoms with Gasteiger partial charge in [-0.05, 0) is 36.9 Å². The van der Waals surface area contributed by atoms with E-state index in [0.717, 1.165) is 28.0 Å². The lowest BCUT2D eigenvalue weighted by Gasteiger charge is -2.28. The Kier molecular flexibility index (Phi) is 4.09. The first-order valence-corrected chi connectivity index (χ1v) is 9.10. The van der Waals surface area contributed by atoms with E-state index < -0.39 is 0 Å². The molecule has 2 unspecified atom stereocenters. The Morgan fingerprint density at radius 3 is 2.72 bits per heavy atom. The Morgan fingerprint density at radius 2 is 1.96 bits per heavy atom. The Bertz CT molecular complexity index is 891. The lowest BCUT2D eigenvalue weighted by Crippen LogP contribution is -2.32. The lowest BCUT2D eigenvalue weighted by atomic mass is 9.97. The smallest absolute Gasteiger partial charge is 0.187 e. The molecule has 25 heavy (non-hydrogen) atoms. The molecular weight excluding hydrogens is 337 g/mol. The molecule has 0 aliphatic carbocycles. The van der Waals surface area contributed by atoms with E-state index >= 15 is 0 Å². The molecule has 5 nitrogen and oxygen atoms in total. The fourth-order valence-electron chi connectivity index (χ4n) is 3.11. The van der Waals surface area contributed by atoms with Crippen molar-refractivity contribution in [1.82, 2.24) is 14.9 Å². The highest BCUT2D eigenvalue weighted by Crippen LogP contribution is 2.42. The number of fused-ring (bicyclic) bond motifs is 1. The van der Waals surface area contributed by atoms with Gasteiger partial charge >= 0.3 is 0 Å². The van der Waals surface area contributed by atoms with Gasteiger partial charge in [0.25, 0.3) is 0 Å². The maximum atomic E-state index is 13.4. The number of hydrogen-bond donors (Lipinski definition) is 0. The van der Waals surface area contributed by atoms with Crippen molar-refractivity contribution in [2.75, 3.05) is 6.26 Å². The number of hydrogen-bond acceptors (Lipinski definition) is 6. The van der Waals surface area contributed by atoms with Crippen LogP contribution in [0.1, 0.15) is 30.3 Å². The second-order valence-electron chi connectivity index (χ2n) is 5.78. The van der Waals surface area contributed by atoms with Crippen LogP contribution in [0.15, 0.2) is 64.1 Å². The summed E-state index contributed by atoms with van der Waals surface area (Å²) in [4.78, 5) is 20.2. The van der Waals surface area contributed by atoms with Crippen molar-refractivity contribution in [2.24, 2.45) is 9.98 Å². The van der Waals surface area contributed by atoms with Crippen molar-refractivity contribution < 1.29 is 4.39 Å². The predicted molar refractivity (Wildman–Crippen MR) is 97.2 cm³/mol. The molecule has 126 valence electrons. The van der Waals surface area contributed by atoms with Crippen LogP contribution in [0.25, 0.3) is 0 Å². The Balaban J connectivity index is 1.82. The van der Waals surface area contributed by atoms with Gasteiger partial charge in [-0.3, -0.25) is 9.98 Å². The molecule has 0 amide bonds. The standard InChI is InChI=1S/C18H16FN5S/c1-11-17-23-15(12-3-5-13(19)6-4-12)16(24(17)10-9-20-11)14-7-8-21-18(22-14)25-2/h3-10,15-16H,1-2H3. The van der Waals surface area contributed by atoms with E-state index in [1.165, 1.54) is 23.9 Å². The maximum Gasteiger partial charge on any atom is 0.187 e. The van der Waals surface area contributed by atoms with Gasteiger partial charge in [-0.1, -0.05) is 23.9 Å². The summed E-state index contributed by atoms with van der Waals surface area (Å²) in [6.45, 7) is 1.94. The molecule has 2 atom stereocenters. The Morgan fingerprint density at radius 1 is 1.16 bits per heavy atom. The van der Waals surface area contributed by atoms with Gasteiger partial charge in [0, 0.05) is 18.6 Å². The third kappa shape index (κ3) is 2.84. The molecule has 2 aromatic rings. The zero-order valence-electron chi connectivity index (χ0n) is 13.8. The van der Waals surface area contributed by atoms with Crippen LogP contribution in [-0.4, -0.2) is 32.7 Å². The second-order valence-corrected chi connectivity index (χ2v) is 6.56. The van der Waals surface area contributed by atoms with Gasteiger partial charge in [-0.15, -0.1) is 0 Å². The number of benzene rings is 1. The van der Waals surface area contributed by atoms with E-state index in [1.54, 1.807) is 24.5 Å². The maximum absolute atomic E-state index is 13.4. The van der Waals surface area contributed by atoms with Crippen molar-refractivity contribution in [3.63, 3.8) is 0 Å². The Labute approximate surface area is 149 Å². The molecule has 1 aromatic heterocycles. The Hall–Kier alpha value is -2.54. The molecule has 0 fully saturated rings. The fraction of sp³-hybridized carbons (Fsp3) is 0.222. The summed E-state index contributed by atoms with van der Waals surface area (Å²) in [6, 6.07) is 8.10. The molecular formula is C18H16FN5S. The summed E-state index contributed by atoms with van der Waals surface area (Å²) < 4.78 is 13.4. The number of nitrogens with zero attached hydrogens (tertiary/aromatic N) is 5. The van der Waals surface area contributed by atoms with Crippen LogP contribution < -0.4 is 0 Å². The molecule has 7 heteroatoms. The lowest BCUT2D eigenvalue weighted by molar-refractivity contribution is 0.384. The summed E-state index contributed by atoms with van der Waals surface area (Å²) in [5.74, 6) is 0.569. The fourth-order valence-corrected chi connectivity index (χ4v) is 3.47. The normalized spacial score (nSPS) is 21.8. The first-order chi connectivity index (χ1) is 12.2. The second kappa shape index (κ2) is 6.40. The van der Waals surface area contributed by atoms with E-state index in [0.29, 0.717) is 0 Å². The van der Waals surface area contributed by atoms with Crippen molar-refractivity contribution in [3.05, 3.63) is 66.0 Å². The van der Waals surface area contributed by atoms with Gasteiger partial charge in [0.15, 0.2) is 11.0 Å². The quantitative estimate of drug-likeness (QED) is 0.622. The summed E-state index contributed by atoms with van der Waals surface area (Å²) in [5.41, 5.74) is 2.68. The molecule has 0 saturated carbocycles. The number of aromatic nitrogens is 2. The average molecular weight is 353 g/mol. The van der Waals surface area contributed by atoms with Crippen LogP contribution in [0, 0.1) is 5.82 Å². The first-order valence-electron chi connectivity index (χ1n) is 7.87. The minimum atomic E-state index is -0.256. The third-order valence-corrected chi connectivity index (χ3v) is 4.84. The molecule has 0 radical (unpaired) electrons. The zero-order chi connectivity index (χ0) is 17.4. The van der Waals surface area contributed by atoms with E-state index in [1.807, 2.05) is 25.4 Å². The number of amidine groups is 1. The van der Waals surface area contributed by atoms with Crippen LogP contribution in [0.5, 0.6) is 0 Å². The topological polar surface area (TPSA) is 53.7 Å². The van der Waals surface area contributed by atoms with E-state index in [-0.39, 0.29) is 17.9 Å². The number of rotatable bonds is 3. The van der Waals surface area contributed by atoms with Gasteiger partial charge in [0.2, 0.25) is 0 Å². The zero-order valence-corrected chi connectivity index (χ0v) is 14.6. The minimum absolute atomic E-state index is 0.115. The highest BCUT2D eigenvalue weighted by molar-refractivity contribution is 7.98. The average Bonchev–Trinajstić information content (AvgIpc) is 3.03. The van der Waals surface area contributed by atoms with Crippen LogP contribution in [0.3, 0.4) is 0 Å². The SMILES string of the molecule is CSc1nccc(C2C(c3ccc(F)cc3)N=C3C(C)=NC=CN32)n1. The molecule has 2 aliphatic rings. The van der Waals surface area contributed by atoms with Crippen molar-refractivity contribution in [2.45, 2.75) is 24.2 Å². The molecule has 0 saturated heterocycles. The van der Waals surface area contributed by atoms with Crippen molar-refractivity contribution in [1.29, 1.82) is 0 Å². The van der Waals surface area contributed by atoms with E-state index in [9.17, 15) is 4.39 Å². The van der Waals surface area contributed by atoms with Crippen LogP contribution in [0.4, 0.5) is 4.39 Å². The van der Waals surface area contributed by atoms with Crippen LogP contribution in [0.2, 0.25) is 0 Å². The molecule has 0 N–H and O–H groups in total. The summed E-state index contributed by atoms with van der Waals surface area (Å²) in [7, 11) is 0. The monoisotopic (exact) mass is 353 g/mol. The molecule has 2 aliphatic heterocycles. The van der Waals surface area contributed by atoms with Gasteiger partial charge in [0.1, 0.15) is 17.9 Å². The van der Waals surface area contributed by atoms with Crippen molar-refractivity contribution >= 4 is 23.3 Å². The van der Waals surface area contributed by atoms with Gasteiger partial charge in [-0.2, -0.15) is 0 Å². The summed E-state index contributed by atoms with van der Waals surface area (Å²) in [5, 5.41) is 0.718. The first kappa shape index (κ1) is 16.0. The molecule has 0 bridgehead atoms. The highest BCUT2D eigenvalue weighted by Gasteiger charge is 2.40. The van der Waals surface area contributed by atoms with Crippen LogP contribution >= 0.6 is 11.8 Å². The van der Waals surface area contributed by atoms with Crippen molar-refractivity contribution in [3.8, 4) is 0 Å². The molecule has 3 heterocycles. The van der Waals surface area contributed by atoms with Gasteiger partial charge in [-0.25, -0.2) is 14.4 Å². The van der Waals surface area contributed by atoms with Gasteiger partial charge in [0.05, 0.1) is 11.4 Å². The number of aliphatic imine (C=N–C) groups is 2. The molecule has 0 spiro atoms. The van der Waals surface area contributed by atoms with E-state index in [4.69, 9.17) is 4.99 Å². The minimum Gasteiger partial charge on any atom is -0.319 e. The highest BCUT2D eigenvalue weighted by atomic mass is 32.2. The number of halogens is 1. The molecule has 4 rings (SSSR count). The summed E-state index contributed by atoms with van der Waals surface area (Å²) in [6.07, 6.45) is 7.40. The van der Waals surface area contributed by atoms with Gasteiger partial charge < -0.3 is 4.90 Å². The number of thioether (sulfide) groups is 1. The third-order valence-electron chi connectivity index (χ3n) is 4.28. The summed E-state index contributed by atoms with van der Waals surface area (Å²) >= 11 is 1.50. The van der Waals surface area contributed by atoms with Crippen LogP contribution in [-0.2, 0) is 0 Å². The largest absolute Gasteiger partial charge is 0.319 e. The predicted octanol–water partition coefficient (Wildman–Crippen LogP) is 3.78. The van der Waals surface area contributed by atoms with E-state index in [2.05, 4.69) is 19.9 Å². The molecule has 1 aromatic carbocycles.